The Morgan fingerprint density at radius 1 is 1.33 bits per heavy atom. The summed E-state index contributed by atoms with van der Waals surface area (Å²) in [5.41, 5.74) is -0.428. The first kappa shape index (κ1) is 15.3. The molecule has 1 amide bonds. The quantitative estimate of drug-likeness (QED) is 0.768. The summed E-state index contributed by atoms with van der Waals surface area (Å²) >= 11 is 0. The zero-order valence-electron chi connectivity index (χ0n) is 12.4. The summed E-state index contributed by atoms with van der Waals surface area (Å²) in [7, 11) is 0. The van der Waals surface area contributed by atoms with Crippen molar-refractivity contribution in [2.24, 2.45) is 5.92 Å². The van der Waals surface area contributed by atoms with Crippen LogP contribution in [0.4, 0.5) is 4.79 Å². The molecule has 0 aromatic carbocycles. The fourth-order valence-electron chi connectivity index (χ4n) is 1.87. The number of carbonyl (C=O) groups is 1. The van der Waals surface area contributed by atoms with Gasteiger partial charge in [0.05, 0.1) is 0 Å². The van der Waals surface area contributed by atoms with Crippen LogP contribution in [0.3, 0.4) is 0 Å². The van der Waals surface area contributed by atoms with Gasteiger partial charge < -0.3 is 15.4 Å². The second kappa shape index (κ2) is 6.41. The van der Waals surface area contributed by atoms with Crippen LogP contribution in [-0.4, -0.2) is 30.3 Å². The summed E-state index contributed by atoms with van der Waals surface area (Å²) in [6, 6.07) is 0.748. The highest BCUT2D eigenvalue weighted by Crippen LogP contribution is 2.32. The highest BCUT2D eigenvalue weighted by molar-refractivity contribution is 5.67. The second-order valence-corrected chi connectivity index (χ2v) is 6.42. The number of carbonyl (C=O) groups excluding carboxylic acids is 1. The van der Waals surface area contributed by atoms with Crippen molar-refractivity contribution in [1.29, 1.82) is 0 Å². The van der Waals surface area contributed by atoms with E-state index in [1.165, 1.54) is 12.8 Å². The van der Waals surface area contributed by atoms with Gasteiger partial charge in [0.1, 0.15) is 5.60 Å². The standard InChI is InChI=1S/C14H28N2O2/c1-10(16-13(17)18-14(3,4)5)8-9-15-11(2)12-6-7-12/h10-12,15H,6-9H2,1-5H3,(H,16,17). The molecule has 1 rings (SSSR count). The van der Waals surface area contributed by atoms with E-state index in [2.05, 4.69) is 17.6 Å². The fourth-order valence-corrected chi connectivity index (χ4v) is 1.87. The summed E-state index contributed by atoms with van der Waals surface area (Å²) in [6.07, 6.45) is 3.32. The molecule has 106 valence electrons. The SMILES string of the molecule is CC(CCNC(C)C1CC1)NC(=O)OC(C)(C)C. The maximum absolute atomic E-state index is 11.5. The topological polar surface area (TPSA) is 50.4 Å². The average Bonchev–Trinajstić information content (AvgIpc) is 2.96. The average molecular weight is 256 g/mol. The van der Waals surface area contributed by atoms with Crippen LogP contribution in [-0.2, 0) is 4.74 Å². The van der Waals surface area contributed by atoms with Crippen molar-refractivity contribution in [2.45, 2.75) is 71.6 Å². The Morgan fingerprint density at radius 2 is 1.94 bits per heavy atom. The molecule has 4 nitrogen and oxygen atoms in total. The van der Waals surface area contributed by atoms with Crippen molar-refractivity contribution in [2.75, 3.05) is 6.54 Å². The van der Waals surface area contributed by atoms with Gasteiger partial charge in [-0.2, -0.15) is 0 Å². The minimum absolute atomic E-state index is 0.138. The van der Waals surface area contributed by atoms with Gasteiger partial charge in [-0.3, -0.25) is 0 Å². The number of alkyl carbamates (subject to hydrolysis) is 1. The van der Waals surface area contributed by atoms with Crippen LogP contribution in [0.25, 0.3) is 0 Å². The molecule has 2 unspecified atom stereocenters. The molecule has 4 heteroatoms. The van der Waals surface area contributed by atoms with Gasteiger partial charge in [-0.1, -0.05) is 0 Å². The largest absolute Gasteiger partial charge is 0.444 e. The van der Waals surface area contributed by atoms with Crippen molar-refractivity contribution in [3.63, 3.8) is 0 Å². The van der Waals surface area contributed by atoms with E-state index < -0.39 is 5.60 Å². The molecular formula is C14H28N2O2. The van der Waals surface area contributed by atoms with Gasteiger partial charge in [0.25, 0.3) is 0 Å². The molecule has 0 aromatic rings. The van der Waals surface area contributed by atoms with Crippen LogP contribution in [0.2, 0.25) is 0 Å². The Balaban J connectivity index is 2.08. The molecule has 18 heavy (non-hydrogen) atoms. The van der Waals surface area contributed by atoms with Crippen LogP contribution >= 0.6 is 0 Å². The molecule has 2 N–H and O–H groups in total. The Kier molecular flexibility index (Phi) is 5.45. The van der Waals surface area contributed by atoms with Crippen LogP contribution in [0.1, 0.15) is 53.9 Å². The Bertz CT molecular complexity index is 269. The molecule has 0 aromatic heterocycles. The van der Waals surface area contributed by atoms with Crippen molar-refractivity contribution < 1.29 is 9.53 Å². The molecule has 2 atom stereocenters. The lowest BCUT2D eigenvalue weighted by molar-refractivity contribution is 0.0506. The highest BCUT2D eigenvalue weighted by Gasteiger charge is 2.27. The maximum atomic E-state index is 11.5. The first-order chi connectivity index (χ1) is 8.28. The van der Waals surface area contributed by atoms with Gasteiger partial charge in [0.15, 0.2) is 0 Å². The Labute approximate surface area is 111 Å². The van der Waals surface area contributed by atoms with Gasteiger partial charge in [-0.25, -0.2) is 4.79 Å². The number of nitrogens with one attached hydrogen (secondary N) is 2. The summed E-state index contributed by atoms with van der Waals surface area (Å²) in [6.45, 7) is 10.8. The van der Waals surface area contributed by atoms with Crippen LogP contribution < -0.4 is 10.6 Å². The van der Waals surface area contributed by atoms with Crippen molar-refractivity contribution in [1.82, 2.24) is 10.6 Å². The van der Waals surface area contributed by atoms with Gasteiger partial charge in [0, 0.05) is 12.1 Å². The summed E-state index contributed by atoms with van der Waals surface area (Å²) < 4.78 is 5.21. The predicted octanol–water partition coefficient (Wildman–Crippen LogP) is 2.68. The van der Waals surface area contributed by atoms with Crippen LogP contribution in [0, 0.1) is 5.92 Å². The molecule has 1 aliphatic rings. The highest BCUT2D eigenvalue weighted by atomic mass is 16.6. The minimum atomic E-state index is -0.428. The van der Waals surface area contributed by atoms with Crippen molar-refractivity contribution in [3.8, 4) is 0 Å². The number of hydrogen-bond acceptors (Lipinski definition) is 3. The van der Waals surface area contributed by atoms with E-state index in [0.29, 0.717) is 6.04 Å². The van der Waals surface area contributed by atoms with E-state index in [-0.39, 0.29) is 12.1 Å². The predicted molar refractivity (Wildman–Crippen MR) is 73.6 cm³/mol. The molecule has 0 bridgehead atoms. The lowest BCUT2D eigenvalue weighted by Gasteiger charge is -2.22. The zero-order valence-corrected chi connectivity index (χ0v) is 12.4. The lowest BCUT2D eigenvalue weighted by Crippen LogP contribution is -2.40. The van der Waals surface area contributed by atoms with E-state index in [1.807, 2.05) is 27.7 Å². The van der Waals surface area contributed by atoms with Crippen molar-refractivity contribution >= 4 is 6.09 Å². The lowest BCUT2D eigenvalue weighted by atomic mass is 10.2. The molecule has 1 saturated carbocycles. The second-order valence-electron chi connectivity index (χ2n) is 6.42. The van der Waals surface area contributed by atoms with E-state index in [1.54, 1.807) is 0 Å². The van der Waals surface area contributed by atoms with Gasteiger partial charge in [-0.15, -0.1) is 0 Å². The first-order valence-corrected chi connectivity index (χ1v) is 7.01. The van der Waals surface area contributed by atoms with Gasteiger partial charge in [-0.05, 0) is 66.3 Å². The molecular weight excluding hydrogens is 228 g/mol. The first-order valence-electron chi connectivity index (χ1n) is 7.01. The number of rotatable bonds is 6. The minimum Gasteiger partial charge on any atom is -0.444 e. The number of amides is 1. The Hall–Kier alpha value is -0.770. The van der Waals surface area contributed by atoms with E-state index >= 15 is 0 Å². The molecule has 0 spiro atoms. The third kappa shape index (κ3) is 6.84. The molecule has 0 aliphatic heterocycles. The third-order valence-electron chi connectivity index (χ3n) is 3.14. The molecule has 1 aliphatic carbocycles. The monoisotopic (exact) mass is 256 g/mol. The summed E-state index contributed by atoms with van der Waals surface area (Å²) in [4.78, 5) is 11.5. The molecule has 0 heterocycles. The molecule has 0 saturated heterocycles. The number of hydrogen-bond donors (Lipinski definition) is 2. The van der Waals surface area contributed by atoms with Crippen molar-refractivity contribution in [3.05, 3.63) is 0 Å². The number of ether oxygens (including phenoxy) is 1. The van der Waals surface area contributed by atoms with E-state index in [4.69, 9.17) is 4.74 Å². The zero-order chi connectivity index (χ0) is 13.8. The summed E-state index contributed by atoms with van der Waals surface area (Å²) in [5, 5.41) is 6.36. The van der Waals surface area contributed by atoms with E-state index in [0.717, 1.165) is 18.9 Å². The normalized spacial score (nSPS) is 19.2. The van der Waals surface area contributed by atoms with Gasteiger partial charge in [0.2, 0.25) is 0 Å². The van der Waals surface area contributed by atoms with Crippen LogP contribution in [0.15, 0.2) is 0 Å². The Morgan fingerprint density at radius 3 is 2.44 bits per heavy atom. The van der Waals surface area contributed by atoms with Crippen LogP contribution in [0.5, 0.6) is 0 Å². The molecule has 1 fully saturated rings. The van der Waals surface area contributed by atoms with E-state index in [9.17, 15) is 4.79 Å². The third-order valence-corrected chi connectivity index (χ3v) is 3.14. The fraction of sp³-hybridized carbons (Fsp3) is 0.929. The summed E-state index contributed by atoms with van der Waals surface area (Å²) in [5.74, 6) is 0.874. The smallest absolute Gasteiger partial charge is 0.407 e. The molecule has 0 radical (unpaired) electrons. The van der Waals surface area contributed by atoms with Gasteiger partial charge >= 0.3 is 6.09 Å². The maximum Gasteiger partial charge on any atom is 0.407 e.